The lowest BCUT2D eigenvalue weighted by Gasteiger charge is -2.04. The predicted molar refractivity (Wildman–Crippen MR) is 56.1 cm³/mol. The van der Waals surface area contributed by atoms with E-state index in [4.69, 9.17) is 5.14 Å². The van der Waals surface area contributed by atoms with Crippen molar-refractivity contribution in [2.75, 3.05) is 0 Å². The van der Waals surface area contributed by atoms with Gasteiger partial charge in [0.15, 0.2) is 0 Å². The molecule has 0 radical (unpaired) electrons. The summed E-state index contributed by atoms with van der Waals surface area (Å²) in [6, 6.07) is 0.584. The van der Waals surface area contributed by atoms with Crippen LogP contribution in [-0.2, 0) is 10.0 Å². The van der Waals surface area contributed by atoms with Crippen LogP contribution < -0.4 is 10.7 Å². The number of hydrogen-bond acceptors (Lipinski definition) is 3. The minimum Gasteiger partial charge on any atom is -0.316 e. The highest BCUT2D eigenvalue weighted by Gasteiger charge is 2.20. The van der Waals surface area contributed by atoms with E-state index in [1.165, 1.54) is 22.6 Å². The van der Waals surface area contributed by atoms with Crippen molar-refractivity contribution in [1.82, 2.24) is 4.98 Å². The van der Waals surface area contributed by atoms with E-state index < -0.39 is 32.5 Å². The molecule has 1 aromatic heterocycles. The Morgan fingerprint density at radius 1 is 1.47 bits per heavy atom. The van der Waals surface area contributed by atoms with Gasteiger partial charge in [0.1, 0.15) is 8.60 Å². The molecule has 1 rings (SSSR count). The number of aromatic nitrogens is 1. The van der Waals surface area contributed by atoms with Crippen LogP contribution in [0.5, 0.6) is 0 Å². The Bertz CT molecular complexity index is 540. The average molecular weight is 350 g/mol. The van der Waals surface area contributed by atoms with E-state index in [1.54, 1.807) is 0 Å². The van der Waals surface area contributed by atoms with E-state index in [2.05, 4.69) is 0 Å². The number of alkyl halides is 2. The Balaban J connectivity index is 3.58. The van der Waals surface area contributed by atoms with Gasteiger partial charge in [0.05, 0.1) is 5.56 Å². The average Bonchev–Trinajstić information content (AvgIpc) is 2.00. The van der Waals surface area contributed by atoms with Crippen LogP contribution in [-0.4, -0.2) is 13.4 Å². The van der Waals surface area contributed by atoms with Crippen molar-refractivity contribution in [3.05, 3.63) is 25.7 Å². The van der Waals surface area contributed by atoms with E-state index >= 15 is 0 Å². The van der Waals surface area contributed by atoms with E-state index in [1.807, 2.05) is 4.98 Å². The van der Waals surface area contributed by atoms with Crippen molar-refractivity contribution < 1.29 is 17.2 Å². The van der Waals surface area contributed by atoms with Gasteiger partial charge in [-0.15, -0.1) is 0 Å². The summed E-state index contributed by atoms with van der Waals surface area (Å²) in [5, 5.41) is 4.78. The summed E-state index contributed by atoms with van der Waals surface area (Å²) >= 11 is 1.49. The summed E-state index contributed by atoms with van der Waals surface area (Å²) in [5.41, 5.74) is -1.94. The maximum atomic E-state index is 12.3. The molecule has 0 atom stereocenters. The van der Waals surface area contributed by atoms with Crippen molar-refractivity contribution in [1.29, 1.82) is 0 Å². The number of halogens is 3. The number of rotatable bonds is 2. The second-order valence-electron chi connectivity index (χ2n) is 2.58. The van der Waals surface area contributed by atoms with Crippen LogP contribution in [0.3, 0.4) is 0 Å². The fraction of sp³-hybridized carbons (Fsp3) is 0.167. The number of hydrogen-bond donors (Lipinski definition) is 2. The molecule has 0 aromatic carbocycles. The van der Waals surface area contributed by atoms with Crippen molar-refractivity contribution in [3.63, 3.8) is 0 Å². The number of aromatic amines is 1. The summed E-state index contributed by atoms with van der Waals surface area (Å²) in [4.78, 5) is 12.5. The van der Waals surface area contributed by atoms with Gasteiger partial charge in [-0.05, 0) is 28.7 Å². The smallest absolute Gasteiger partial charge is 0.269 e. The summed E-state index contributed by atoms with van der Waals surface area (Å²) < 4.78 is 46.3. The van der Waals surface area contributed by atoms with Crippen LogP contribution in [0.4, 0.5) is 8.78 Å². The molecular formula is C6H5F2IN2O3S. The third kappa shape index (κ3) is 2.72. The van der Waals surface area contributed by atoms with Gasteiger partial charge < -0.3 is 4.98 Å². The highest BCUT2D eigenvalue weighted by molar-refractivity contribution is 14.1. The van der Waals surface area contributed by atoms with Gasteiger partial charge in [0.2, 0.25) is 10.0 Å². The molecule has 0 fully saturated rings. The number of H-pyrrole nitrogens is 1. The first-order chi connectivity index (χ1) is 6.73. The maximum absolute atomic E-state index is 12.3. The quantitative estimate of drug-likeness (QED) is 0.603. The van der Waals surface area contributed by atoms with Gasteiger partial charge in [-0.1, -0.05) is 0 Å². The first kappa shape index (κ1) is 12.5. The van der Waals surface area contributed by atoms with Crippen molar-refractivity contribution >= 4 is 32.6 Å². The monoisotopic (exact) mass is 350 g/mol. The van der Waals surface area contributed by atoms with E-state index in [-0.39, 0.29) is 3.70 Å². The van der Waals surface area contributed by atoms with Crippen LogP contribution in [0.15, 0.2) is 15.8 Å². The first-order valence-electron chi connectivity index (χ1n) is 3.47. The Hall–Kier alpha value is -0.550. The molecule has 0 aliphatic rings. The number of nitrogens with two attached hydrogens (primary N) is 1. The Morgan fingerprint density at radius 3 is 2.40 bits per heavy atom. The van der Waals surface area contributed by atoms with E-state index in [0.29, 0.717) is 6.07 Å². The standard InChI is InChI=1S/C6H5F2IN2O3S/c7-4(8)2-1-3(15(10,13)14)5(9)11-6(2)12/h1,4H,(H,11,12)(H2,10,13,14). The maximum Gasteiger partial charge on any atom is 0.269 e. The topological polar surface area (TPSA) is 93.0 Å². The minimum atomic E-state index is -4.12. The lowest BCUT2D eigenvalue weighted by Crippen LogP contribution is -2.21. The lowest BCUT2D eigenvalue weighted by atomic mass is 10.3. The van der Waals surface area contributed by atoms with Gasteiger partial charge in [-0.3, -0.25) is 4.79 Å². The third-order valence-electron chi connectivity index (χ3n) is 1.53. The SMILES string of the molecule is NS(=O)(=O)c1cc(C(F)F)c(=O)[nH]c1I. The van der Waals surface area contributed by atoms with Gasteiger partial charge >= 0.3 is 0 Å². The fourth-order valence-corrected chi connectivity index (χ4v) is 2.79. The van der Waals surface area contributed by atoms with Crippen LogP contribution in [0.25, 0.3) is 0 Å². The molecule has 0 saturated heterocycles. The molecule has 84 valence electrons. The fourth-order valence-electron chi connectivity index (χ4n) is 0.873. The summed E-state index contributed by atoms with van der Waals surface area (Å²) in [6.45, 7) is 0. The molecule has 1 heterocycles. The highest BCUT2D eigenvalue weighted by Crippen LogP contribution is 2.20. The zero-order valence-corrected chi connectivity index (χ0v) is 9.97. The molecule has 0 aliphatic carbocycles. The number of primary sulfonamides is 1. The van der Waals surface area contributed by atoms with Gasteiger partial charge in [0, 0.05) is 0 Å². The lowest BCUT2D eigenvalue weighted by molar-refractivity contribution is 0.149. The van der Waals surface area contributed by atoms with Crippen LogP contribution in [0.2, 0.25) is 0 Å². The second-order valence-corrected chi connectivity index (χ2v) is 5.19. The molecule has 3 N–H and O–H groups in total. The second kappa shape index (κ2) is 4.14. The van der Waals surface area contributed by atoms with Gasteiger partial charge in [-0.2, -0.15) is 0 Å². The van der Waals surface area contributed by atoms with Gasteiger partial charge in [-0.25, -0.2) is 22.3 Å². The van der Waals surface area contributed by atoms with Gasteiger partial charge in [0.25, 0.3) is 12.0 Å². The molecular weight excluding hydrogens is 345 g/mol. The Labute approximate surface area is 96.9 Å². The number of sulfonamides is 1. The molecule has 9 heteroatoms. The van der Waals surface area contributed by atoms with Crippen LogP contribution in [0.1, 0.15) is 12.0 Å². The number of pyridine rings is 1. The minimum absolute atomic E-state index is 0.0931. The normalized spacial score (nSPS) is 12.1. The molecule has 15 heavy (non-hydrogen) atoms. The zero-order valence-electron chi connectivity index (χ0n) is 7.00. The van der Waals surface area contributed by atoms with Crippen molar-refractivity contribution in [2.24, 2.45) is 5.14 Å². The molecule has 1 aromatic rings. The highest BCUT2D eigenvalue weighted by atomic mass is 127. The summed E-state index contributed by atoms with van der Waals surface area (Å²) in [7, 11) is -4.12. The molecule has 0 amide bonds. The molecule has 0 spiro atoms. The van der Waals surface area contributed by atoms with E-state index in [9.17, 15) is 22.0 Å². The largest absolute Gasteiger partial charge is 0.316 e. The molecule has 0 aliphatic heterocycles. The zero-order chi connectivity index (χ0) is 11.8. The third-order valence-corrected chi connectivity index (χ3v) is 3.68. The Morgan fingerprint density at radius 2 is 2.00 bits per heavy atom. The Kier molecular flexibility index (Phi) is 3.45. The summed E-state index contributed by atoms with van der Waals surface area (Å²) in [6.07, 6.45) is -3.05. The molecule has 0 saturated carbocycles. The van der Waals surface area contributed by atoms with Crippen LogP contribution in [0, 0.1) is 3.70 Å². The van der Waals surface area contributed by atoms with E-state index in [0.717, 1.165) is 0 Å². The predicted octanol–water partition coefficient (Wildman–Crippen LogP) is 0.565. The van der Waals surface area contributed by atoms with Crippen molar-refractivity contribution in [2.45, 2.75) is 11.3 Å². The van der Waals surface area contributed by atoms with Crippen molar-refractivity contribution in [3.8, 4) is 0 Å². The molecule has 5 nitrogen and oxygen atoms in total. The molecule has 0 unspecified atom stereocenters. The first-order valence-corrected chi connectivity index (χ1v) is 6.09. The number of nitrogens with one attached hydrogen (secondary N) is 1. The molecule has 0 bridgehead atoms. The summed E-state index contributed by atoms with van der Waals surface area (Å²) in [5.74, 6) is 0. The van der Waals surface area contributed by atoms with Crippen LogP contribution >= 0.6 is 22.6 Å².